The summed E-state index contributed by atoms with van der Waals surface area (Å²) < 4.78 is 43.8. The molecule has 0 aliphatic heterocycles. The second kappa shape index (κ2) is 10.7. The average molecular weight is 517 g/mol. The molecule has 4 aromatic carbocycles. The minimum absolute atomic E-state index is 0.152. The SMILES string of the molecule is CCC(C)(C)C(=O)Oc1ccc(C(=O)c2ccc(-c3ccc(-c4ccc(C(F)(F)F)cc4)cc3)cc2)cc1. The number of hydrogen-bond acceptors (Lipinski definition) is 3. The van der Waals surface area contributed by atoms with Crippen LogP contribution in [0.1, 0.15) is 48.7 Å². The third kappa shape index (κ3) is 6.02. The first-order valence-corrected chi connectivity index (χ1v) is 12.2. The van der Waals surface area contributed by atoms with Gasteiger partial charge in [0.2, 0.25) is 0 Å². The lowest BCUT2D eigenvalue weighted by Gasteiger charge is -2.20. The van der Waals surface area contributed by atoms with E-state index in [4.69, 9.17) is 4.74 Å². The lowest BCUT2D eigenvalue weighted by molar-refractivity contribution is -0.144. The van der Waals surface area contributed by atoms with E-state index in [9.17, 15) is 22.8 Å². The number of benzene rings is 4. The van der Waals surface area contributed by atoms with Crippen LogP contribution in [0, 0.1) is 5.41 Å². The van der Waals surface area contributed by atoms with Gasteiger partial charge in [-0.25, -0.2) is 0 Å². The fraction of sp³-hybridized carbons (Fsp3) is 0.188. The number of rotatable bonds is 7. The second-order valence-corrected chi connectivity index (χ2v) is 9.71. The standard InChI is InChI=1S/C32H27F3O3/c1-4-31(2,3)30(37)38-28-19-15-26(16-20-28)29(36)25-11-9-23(10-12-25)21-5-7-22(8-6-21)24-13-17-27(18-14-24)32(33,34)35/h5-20H,4H2,1-3H3. The van der Waals surface area contributed by atoms with Crippen molar-refractivity contribution >= 4 is 11.8 Å². The van der Waals surface area contributed by atoms with Crippen molar-refractivity contribution in [3.8, 4) is 28.0 Å². The molecule has 0 aliphatic carbocycles. The number of alkyl halides is 3. The van der Waals surface area contributed by atoms with Gasteiger partial charge < -0.3 is 4.74 Å². The molecule has 0 unspecified atom stereocenters. The third-order valence-electron chi connectivity index (χ3n) is 6.67. The van der Waals surface area contributed by atoms with E-state index < -0.39 is 17.2 Å². The van der Waals surface area contributed by atoms with Gasteiger partial charge in [0.05, 0.1) is 11.0 Å². The van der Waals surface area contributed by atoms with Crippen LogP contribution >= 0.6 is 0 Å². The second-order valence-electron chi connectivity index (χ2n) is 9.71. The maximum absolute atomic E-state index is 12.9. The number of carbonyl (C=O) groups is 2. The Hall–Kier alpha value is -4.19. The molecule has 0 aromatic heterocycles. The Labute approximate surface area is 219 Å². The van der Waals surface area contributed by atoms with Gasteiger partial charge in [0, 0.05) is 11.1 Å². The van der Waals surface area contributed by atoms with Gasteiger partial charge in [-0.15, -0.1) is 0 Å². The van der Waals surface area contributed by atoms with Crippen LogP contribution in [0.2, 0.25) is 0 Å². The van der Waals surface area contributed by atoms with Crippen LogP contribution in [0.5, 0.6) is 5.75 Å². The summed E-state index contributed by atoms with van der Waals surface area (Å²) in [5, 5.41) is 0. The van der Waals surface area contributed by atoms with Crippen molar-refractivity contribution < 1.29 is 27.5 Å². The molecule has 0 heterocycles. The molecule has 6 heteroatoms. The maximum Gasteiger partial charge on any atom is 0.416 e. The lowest BCUT2D eigenvalue weighted by atomic mass is 9.91. The highest BCUT2D eigenvalue weighted by Gasteiger charge is 2.30. The lowest BCUT2D eigenvalue weighted by Crippen LogP contribution is -2.28. The average Bonchev–Trinajstić information content (AvgIpc) is 2.93. The van der Waals surface area contributed by atoms with Gasteiger partial charge >= 0.3 is 12.1 Å². The number of carbonyl (C=O) groups excluding carboxylic acids is 2. The summed E-state index contributed by atoms with van der Waals surface area (Å²) in [6.45, 7) is 5.57. The van der Waals surface area contributed by atoms with E-state index in [0.29, 0.717) is 28.9 Å². The molecule has 0 atom stereocenters. The van der Waals surface area contributed by atoms with Gasteiger partial charge in [-0.3, -0.25) is 9.59 Å². The summed E-state index contributed by atoms with van der Waals surface area (Å²) in [5.41, 5.74) is 3.06. The monoisotopic (exact) mass is 516 g/mol. The molecule has 194 valence electrons. The molecule has 4 rings (SSSR count). The molecule has 0 spiro atoms. The summed E-state index contributed by atoms with van der Waals surface area (Å²) >= 11 is 0. The summed E-state index contributed by atoms with van der Waals surface area (Å²) in [7, 11) is 0. The van der Waals surface area contributed by atoms with Gasteiger partial charge in [-0.05, 0) is 78.9 Å². The van der Waals surface area contributed by atoms with Gasteiger partial charge in [0.15, 0.2) is 5.78 Å². The van der Waals surface area contributed by atoms with Crippen LogP contribution in [-0.2, 0) is 11.0 Å². The summed E-state index contributed by atoms with van der Waals surface area (Å²) in [6, 6.07) is 26.3. The fourth-order valence-corrected chi connectivity index (χ4v) is 3.75. The summed E-state index contributed by atoms with van der Waals surface area (Å²) in [5.74, 6) is -0.0776. The maximum atomic E-state index is 12.9. The highest BCUT2D eigenvalue weighted by Crippen LogP contribution is 2.32. The predicted molar refractivity (Wildman–Crippen MR) is 142 cm³/mol. The Morgan fingerprint density at radius 3 is 1.39 bits per heavy atom. The van der Waals surface area contributed by atoms with Crippen LogP contribution in [0.4, 0.5) is 13.2 Å². The van der Waals surface area contributed by atoms with Gasteiger partial charge in [0.25, 0.3) is 0 Å². The summed E-state index contributed by atoms with van der Waals surface area (Å²) in [4.78, 5) is 25.2. The van der Waals surface area contributed by atoms with Crippen molar-refractivity contribution in [1.82, 2.24) is 0 Å². The molecule has 0 N–H and O–H groups in total. The number of esters is 1. The van der Waals surface area contributed by atoms with Crippen molar-refractivity contribution in [3.05, 3.63) is 114 Å². The highest BCUT2D eigenvalue weighted by atomic mass is 19.4. The topological polar surface area (TPSA) is 43.4 Å². The Kier molecular flexibility index (Phi) is 7.53. The molecular weight excluding hydrogens is 489 g/mol. The number of halogens is 3. The first-order valence-electron chi connectivity index (χ1n) is 12.2. The molecule has 0 amide bonds. The van der Waals surface area contributed by atoms with Crippen LogP contribution in [0.25, 0.3) is 22.3 Å². The largest absolute Gasteiger partial charge is 0.426 e. The minimum Gasteiger partial charge on any atom is -0.426 e. The number of ether oxygens (including phenoxy) is 1. The van der Waals surface area contributed by atoms with E-state index in [1.54, 1.807) is 36.4 Å². The molecular formula is C32H27F3O3. The molecule has 0 fully saturated rings. The first-order chi connectivity index (χ1) is 18.0. The zero-order chi connectivity index (χ0) is 27.5. The van der Waals surface area contributed by atoms with Crippen LogP contribution < -0.4 is 4.74 Å². The van der Waals surface area contributed by atoms with E-state index >= 15 is 0 Å². The highest BCUT2D eigenvalue weighted by molar-refractivity contribution is 6.09. The quantitative estimate of drug-likeness (QED) is 0.140. The van der Waals surface area contributed by atoms with Crippen molar-refractivity contribution in [2.24, 2.45) is 5.41 Å². The van der Waals surface area contributed by atoms with Gasteiger partial charge in [0.1, 0.15) is 5.75 Å². The van der Waals surface area contributed by atoms with Gasteiger partial charge in [-0.2, -0.15) is 13.2 Å². The van der Waals surface area contributed by atoms with Crippen LogP contribution in [-0.4, -0.2) is 11.8 Å². The van der Waals surface area contributed by atoms with Crippen molar-refractivity contribution in [3.63, 3.8) is 0 Å². The Bertz CT molecular complexity index is 1420. The van der Waals surface area contributed by atoms with E-state index in [1.807, 2.05) is 57.2 Å². The van der Waals surface area contributed by atoms with E-state index in [-0.39, 0.29) is 11.8 Å². The van der Waals surface area contributed by atoms with Crippen molar-refractivity contribution in [2.45, 2.75) is 33.4 Å². The summed E-state index contributed by atoms with van der Waals surface area (Å²) in [6.07, 6.45) is -3.71. The Balaban J connectivity index is 1.43. The molecule has 0 aliphatic rings. The zero-order valence-corrected chi connectivity index (χ0v) is 21.3. The van der Waals surface area contributed by atoms with E-state index in [2.05, 4.69) is 0 Å². The van der Waals surface area contributed by atoms with E-state index in [0.717, 1.165) is 28.8 Å². The molecule has 3 nitrogen and oxygen atoms in total. The zero-order valence-electron chi connectivity index (χ0n) is 21.3. The molecule has 0 saturated carbocycles. The molecule has 0 saturated heterocycles. The first kappa shape index (κ1) is 26.9. The molecule has 0 bridgehead atoms. The normalized spacial score (nSPS) is 11.7. The number of ketones is 1. The molecule has 38 heavy (non-hydrogen) atoms. The third-order valence-corrected chi connectivity index (χ3v) is 6.67. The van der Waals surface area contributed by atoms with Gasteiger partial charge in [-0.1, -0.05) is 67.6 Å². The fourth-order valence-electron chi connectivity index (χ4n) is 3.75. The molecule has 4 aromatic rings. The van der Waals surface area contributed by atoms with Crippen molar-refractivity contribution in [2.75, 3.05) is 0 Å². The number of hydrogen-bond donors (Lipinski definition) is 0. The Morgan fingerprint density at radius 1 is 0.632 bits per heavy atom. The predicted octanol–water partition coefficient (Wildman–Crippen LogP) is 8.61. The smallest absolute Gasteiger partial charge is 0.416 e. The molecule has 0 radical (unpaired) electrons. The van der Waals surface area contributed by atoms with E-state index in [1.165, 1.54) is 12.1 Å². The van der Waals surface area contributed by atoms with Crippen LogP contribution in [0.15, 0.2) is 97.1 Å². The van der Waals surface area contributed by atoms with Crippen molar-refractivity contribution in [1.29, 1.82) is 0 Å². The van der Waals surface area contributed by atoms with Crippen LogP contribution in [0.3, 0.4) is 0 Å². The Morgan fingerprint density at radius 2 is 1.00 bits per heavy atom. The minimum atomic E-state index is -4.36.